The fraction of sp³-hybridized carbons (Fsp3) is 0.500. The predicted octanol–water partition coefficient (Wildman–Crippen LogP) is 2.65. The summed E-state index contributed by atoms with van der Waals surface area (Å²) in [5.74, 6) is 0. The first kappa shape index (κ1) is 11.5. The summed E-state index contributed by atoms with van der Waals surface area (Å²) in [5.41, 5.74) is 0.440. The Balaban J connectivity index is 3.01. The number of benzene rings is 1. The molecular weight excluding hydrogens is 188 g/mol. The van der Waals surface area contributed by atoms with E-state index in [2.05, 4.69) is 32.9 Å². The molecule has 2 heteroatoms. The quantitative estimate of drug-likeness (QED) is 0.754. The second-order valence-corrected chi connectivity index (χ2v) is 8.07. The van der Waals surface area contributed by atoms with Crippen LogP contribution in [0, 0.1) is 0 Å². The van der Waals surface area contributed by atoms with E-state index in [1.165, 1.54) is 5.19 Å². The van der Waals surface area contributed by atoms with Gasteiger partial charge in [0.25, 0.3) is 0 Å². The Morgan fingerprint density at radius 3 is 2.21 bits per heavy atom. The SMILES string of the molecule is CCC(C)[Si](O)(CC)c1ccccc1. The van der Waals surface area contributed by atoms with Crippen LogP contribution in [-0.2, 0) is 0 Å². The third-order valence-electron chi connectivity index (χ3n) is 3.24. The van der Waals surface area contributed by atoms with E-state index in [9.17, 15) is 4.80 Å². The predicted molar refractivity (Wildman–Crippen MR) is 64.2 cm³/mol. The Hall–Kier alpha value is -0.603. The lowest BCUT2D eigenvalue weighted by Crippen LogP contribution is -2.50. The van der Waals surface area contributed by atoms with Gasteiger partial charge in [0.1, 0.15) is 0 Å². The molecule has 0 heterocycles. The molecule has 1 aromatic rings. The van der Waals surface area contributed by atoms with Crippen LogP contribution in [0.25, 0.3) is 0 Å². The molecule has 0 bridgehead atoms. The van der Waals surface area contributed by atoms with Crippen molar-refractivity contribution in [2.24, 2.45) is 0 Å². The van der Waals surface area contributed by atoms with Gasteiger partial charge in [0.05, 0.1) is 0 Å². The standard InChI is InChI=1S/C12H20OSi/c1-4-11(3)14(13,5-2)12-9-7-6-8-10-12/h6-11,13H,4-5H2,1-3H3. The Bertz CT molecular complexity index is 273. The summed E-state index contributed by atoms with van der Waals surface area (Å²) in [7, 11) is -2.20. The largest absolute Gasteiger partial charge is 0.427 e. The molecule has 14 heavy (non-hydrogen) atoms. The molecule has 2 unspecified atom stereocenters. The number of hydrogen-bond acceptors (Lipinski definition) is 1. The lowest BCUT2D eigenvalue weighted by atomic mass is 10.4. The molecule has 2 atom stereocenters. The van der Waals surface area contributed by atoms with Crippen LogP contribution < -0.4 is 5.19 Å². The highest BCUT2D eigenvalue weighted by molar-refractivity contribution is 6.86. The van der Waals surface area contributed by atoms with Crippen LogP contribution in [0.2, 0.25) is 11.6 Å². The van der Waals surface area contributed by atoms with E-state index < -0.39 is 8.32 Å². The van der Waals surface area contributed by atoms with Gasteiger partial charge in [0.15, 0.2) is 0 Å². The molecule has 0 saturated carbocycles. The lowest BCUT2D eigenvalue weighted by molar-refractivity contribution is 0.521. The zero-order chi connectivity index (χ0) is 10.6. The molecule has 0 spiro atoms. The van der Waals surface area contributed by atoms with E-state index in [1.54, 1.807) is 0 Å². The Morgan fingerprint density at radius 1 is 1.21 bits per heavy atom. The molecule has 0 aliphatic carbocycles. The van der Waals surface area contributed by atoms with E-state index >= 15 is 0 Å². The molecule has 0 saturated heterocycles. The normalized spacial score (nSPS) is 17.4. The second kappa shape index (κ2) is 4.76. The molecule has 0 amide bonds. The molecule has 1 nitrogen and oxygen atoms in total. The van der Waals surface area contributed by atoms with Crippen molar-refractivity contribution in [1.82, 2.24) is 0 Å². The minimum Gasteiger partial charge on any atom is -0.427 e. The van der Waals surface area contributed by atoms with Crippen molar-refractivity contribution in [2.75, 3.05) is 0 Å². The first-order chi connectivity index (χ1) is 6.65. The molecule has 0 aromatic heterocycles. The van der Waals surface area contributed by atoms with Crippen LogP contribution >= 0.6 is 0 Å². The maximum absolute atomic E-state index is 10.7. The summed E-state index contributed by atoms with van der Waals surface area (Å²) in [5, 5.41) is 1.18. The van der Waals surface area contributed by atoms with Gasteiger partial charge in [-0.3, -0.25) is 0 Å². The molecule has 1 aromatic carbocycles. The zero-order valence-electron chi connectivity index (χ0n) is 9.33. The van der Waals surface area contributed by atoms with Gasteiger partial charge in [-0.15, -0.1) is 0 Å². The van der Waals surface area contributed by atoms with Crippen molar-refractivity contribution in [1.29, 1.82) is 0 Å². The lowest BCUT2D eigenvalue weighted by Gasteiger charge is -2.30. The summed E-state index contributed by atoms with van der Waals surface area (Å²) in [6.45, 7) is 6.43. The van der Waals surface area contributed by atoms with Gasteiger partial charge in [0, 0.05) is 0 Å². The summed E-state index contributed by atoms with van der Waals surface area (Å²) in [6, 6.07) is 11.1. The van der Waals surface area contributed by atoms with Gasteiger partial charge in [-0.05, 0) is 16.8 Å². The average Bonchev–Trinajstić information content (AvgIpc) is 2.28. The maximum atomic E-state index is 10.7. The fourth-order valence-electron chi connectivity index (χ4n) is 1.90. The summed E-state index contributed by atoms with van der Waals surface area (Å²) < 4.78 is 0. The van der Waals surface area contributed by atoms with Crippen LogP contribution in [0.3, 0.4) is 0 Å². The van der Waals surface area contributed by atoms with Gasteiger partial charge in [-0.25, -0.2) is 0 Å². The summed E-state index contributed by atoms with van der Waals surface area (Å²) >= 11 is 0. The molecule has 0 aliphatic rings. The van der Waals surface area contributed by atoms with Crippen molar-refractivity contribution in [3.8, 4) is 0 Å². The minimum absolute atomic E-state index is 0.440. The number of hydrogen-bond donors (Lipinski definition) is 1. The van der Waals surface area contributed by atoms with Gasteiger partial charge in [-0.1, -0.05) is 57.5 Å². The Morgan fingerprint density at radius 2 is 1.79 bits per heavy atom. The van der Waals surface area contributed by atoms with E-state index in [4.69, 9.17) is 0 Å². The topological polar surface area (TPSA) is 20.2 Å². The van der Waals surface area contributed by atoms with Gasteiger partial charge < -0.3 is 4.80 Å². The van der Waals surface area contributed by atoms with Crippen LogP contribution in [0.4, 0.5) is 0 Å². The molecule has 0 aliphatic heterocycles. The van der Waals surface area contributed by atoms with Crippen LogP contribution in [0.15, 0.2) is 30.3 Å². The van der Waals surface area contributed by atoms with Crippen LogP contribution in [0.5, 0.6) is 0 Å². The first-order valence-corrected chi connectivity index (χ1v) is 7.66. The second-order valence-electron chi connectivity index (χ2n) is 3.95. The van der Waals surface area contributed by atoms with Crippen molar-refractivity contribution in [3.63, 3.8) is 0 Å². The van der Waals surface area contributed by atoms with Gasteiger partial charge in [0.2, 0.25) is 8.32 Å². The summed E-state index contributed by atoms with van der Waals surface area (Å²) in [6.07, 6.45) is 1.06. The van der Waals surface area contributed by atoms with Crippen molar-refractivity contribution in [3.05, 3.63) is 30.3 Å². The highest BCUT2D eigenvalue weighted by Gasteiger charge is 2.36. The van der Waals surface area contributed by atoms with Crippen molar-refractivity contribution < 1.29 is 4.80 Å². The van der Waals surface area contributed by atoms with E-state index in [0.29, 0.717) is 5.54 Å². The van der Waals surface area contributed by atoms with E-state index in [-0.39, 0.29) is 0 Å². The van der Waals surface area contributed by atoms with Crippen LogP contribution in [-0.4, -0.2) is 13.1 Å². The van der Waals surface area contributed by atoms with E-state index in [1.807, 2.05) is 18.2 Å². The zero-order valence-corrected chi connectivity index (χ0v) is 10.3. The smallest absolute Gasteiger partial charge is 0.222 e. The minimum atomic E-state index is -2.20. The average molecular weight is 208 g/mol. The third kappa shape index (κ3) is 2.07. The van der Waals surface area contributed by atoms with E-state index in [0.717, 1.165) is 12.5 Å². The van der Waals surface area contributed by atoms with Crippen molar-refractivity contribution in [2.45, 2.75) is 38.8 Å². The van der Waals surface area contributed by atoms with Crippen LogP contribution in [0.1, 0.15) is 27.2 Å². The monoisotopic (exact) mass is 208 g/mol. The highest BCUT2D eigenvalue weighted by atomic mass is 28.4. The molecular formula is C12H20OSi. The summed E-state index contributed by atoms with van der Waals surface area (Å²) in [4.78, 5) is 10.7. The van der Waals surface area contributed by atoms with Crippen molar-refractivity contribution >= 4 is 13.5 Å². The molecule has 1 rings (SSSR count). The molecule has 1 N–H and O–H groups in total. The van der Waals surface area contributed by atoms with Gasteiger partial charge in [-0.2, -0.15) is 0 Å². The Labute approximate surface area is 87.9 Å². The Kier molecular flexibility index (Phi) is 3.90. The molecule has 0 fully saturated rings. The third-order valence-corrected chi connectivity index (χ3v) is 7.69. The highest BCUT2D eigenvalue weighted by Crippen LogP contribution is 2.25. The fourth-order valence-corrected chi connectivity index (χ4v) is 5.02. The maximum Gasteiger partial charge on any atom is 0.222 e. The molecule has 78 valence electrons. The van der Waals surface area contributed by atoms with Gasteiger partial charge >= 0.3 is 0 Å². The number of rotatable bonds is 4. The molecule has 0 radical (unpaired) electrons. The first-order valence-electron chi connectivity index (χ1n) is 5.43.